The molecule has 1 aliphatic rings. The van der Waals surface area contributed by atoms with Crippen LogP contribution in [0.15, 0.2) is 59.6 Å². The van der Waals surface area contributed by atoms with Crippen LogP contribution in [-0.4, -0.2) is 60.4 Å². The number of hydrogen-bond acceptors (Lipinski definition) is 4. The Balaban J connectivity index is 1.51. The molecule has 0 bridgehead atoms. The number of para-hydroxylation sites is 1. The number of aromatic nitrogens is 1. The molecule has 33 heavy (non-hydrogen) atoms. The molecule has 9 nitrogen and oxygen atoms in total. The Kier molecular flexibility index (Phi) is 6.04. The zero-order valence-corrected chi connectivity index (χ0v) is 17.9. The summed E-state index contributed by atoms with van der Waals surface area (Å²) in [7, 11) is -4.07. The van der Waals surface area contributed by atoms with E-state index in [0.29, 0.717) is 10.9 Å². The lowest BCUT2D eigenvalue weighted by atomic mass is 10.2. The monoisotopic (exact) mass is 478 g/mol. The van der Waals surface area contributed by atoms with Crippen LogP contribution in [0.4, 0.5) is 24.1 Å². The fraction of sp³-hybridized carbons (Fsp3) is 0.238. The van der Waals surface area contributed by atoms with Crippen LogP contribution in [0.25, 0.3) is 10.9 Å². The third-order valence-electron chi connectivity index (χ3n) is 5.40. The Bertz CT molecular complexity index is 1330. The second-order valence-corrected chi connectivity index (χ2v) is 9.36. The number of likely N-dealkylation sites (tertiary alicyclic amines) is 1. The Morgan fingerprint density at radius 1 is 1.15 bits per heavy atom. The van der Waals surface area contributed by atoms with Crippen molar-refractivity contribution in [3.63, 3.8) is 0 Å². The van der Waals surface area contributed by atoms with Gasteiger partial charge in [0.25, 0.3) is 0 Å². The third-order valence-corrected chi connectivity index (χ3v) is 6.82. The second kappa shape index (κ2) is 8.79. The molecule has 12 heteroatoms. The Morgan fingerprint density at radius 3 is 2.64 bits per heavy atom. The molecule has 2 amide bonds. The maximum absolute atomic E-state index is 14.2. The summed E-state index contributed by atoms with van der Waals surface area (Å²) in [5.41, 5.74) is 0.587. The number of benzene rings is 2. The first-order valence-electron chi connectivity index (χ1n) is 9.96. The van der Waals surface area contributed by atoms with E-state index in [9.17, 15) is 31.9 Å². The lowest BCUT2D eigenvalue weighted by molar-refractivity contribution is 0.197. The molecule has 2 atom stereocenters. The molecule has 1 fully saturated rings. The van der Waals surface area contributed by atoms with Gasteiger partial charge in [-0.25, -0.2) is 31.5 Å². The minimum Gasteiger partial charge on any atom is -0.464 e. The van der Waals surface area contributed by atoms with E-state index in [4.69, 9.17) is 0 Å². The van der Waals surface area contributed by atoms with E-state index in [0.717, 1.165) is 21.6 Å². The second-order valence-electron chi connectivity index (χ2n) is 7.59. The van der Waals surface area contributed by atoms with E-state index in [1.807, 2.05) is 0 Å². The van der Waals surface area contributed by atoms with E-state index in [-0.39, 0.29) is 30.1 Å². The number of carboxylic acid groups (broad SMARTS) is 1. The first kappa shape index (κ1) is 22.7. The number of carbonyl (C=O) groups is 2. The Morgan fingerprint density at radius 2 is 1.91 bits per heavy atom. The van der Waals surface area contributed by atoms with Crippen molar-refractivity contribution in [3.8, 4) is 0 Å². The molecule has 1 aliphatic heterocycles. The molecule has 1 saturated heterocycles. The van der Waals surface area contributed by atoms with Gasteiger partial charge in [0.2, 0.25) is 10.0 Å². The predicted octanol–water partition coefficient (Wildman–Crippen LogP) is 3.23. The van der Waals surface area contributed by atoms with E-state index in [2.05, 4.69) is 10.0 Å². The maximum atomic E-state index is 14.2. The molecular formula is C21H20F2N4O5S. The van der Waals surface area contributed by atoms with Crippen LogP contribution >= 0.6 is 0 Å². The summed E-state index contributed by atoms with van der Waals surface area (Å²) >= 11 is 0. The maximum Gasteiger partial charge on any atom is 0.416 e. The number of rotatable bonds is 5. The topological polar surface area (TPSA) is 121 Å². The van der Waals surface area contributed by atoms with Gasteiger partial charge >= 0.3 is 12.1 Å². The number of hydrogen-bond donors (Lipinski definition) is 3. The van der Waals surface area contributed by atoms with Gasteiger partial charge in [-0.3, -0.25) is 4.57 Å². The highest BCUT2D eigenvalue weighted by atomic mass is 32.2. The van der Waals surface area contributed by atoms with Crippen molar-refractivity contribution >= 4 is 38.7 Å². The average Bonchev–Trinajstić information content (AvgIpc) is 3.33. The van der Waals surface area contributed by atoms with Gasteiger partial charge in [0, 0.05) is 30.6 Å². The fourth-order valence-electron chi connectivity index (χ4n) is 3.85. The number of anilines is 1. The summed E-state index contributed by atoms with van der Waals surface area (Å²) in [4.78, 5) is 25.3. The summed E-state index contributed by atoms with van der Waals surface area (Å²) in [6, 6.07) is 9.51. The Labute approximate surface area is 187 Å². The van der Waals surface area contributed by atoms with Crippen molar-refractivity contribution in [1.82, 2.24) is 14.2 Å². The molecule has 3 N–H and O–H groups in total. The molecule has 0 saturated carbocycles. The smallest absolute Gasteiger partial charge is 0.416 e. The summed E-state index contributed by atoms with van der Waals surface area (Å²) in [5, 5.41) is 12.5. The number of urea groups is 1. The van der Waals surface area contributed by atoms with Gasteiger partial charge in [-0.15, -0.1) is 0 Å². The summed E-state index contributed by atoms with van der Waals surface area (Å²) in [5.74, 6) is -0.718. The van der Waals surface area contributed by atoms with E-state index < -0.39 is 40.2 Å². The zero-order chi connectivity index (χ0) is 23.8. The summed E-state index contributed by atoms with van der Waals surface area (Å²) in [6.45, 7) is -0.528. The standard InChI is InChI=1S/C21H20F2N4O5S/c22-13-4-3-5-16(9-13)33(31,32)24-10-15-8-14(23)11-26(15)20(28)25-18-12-27(21(29)30)19-7-2-1-6-17(18)19/h1-7,9,12,14-15,24H,8,10-11H2,(H,25,28)(H,29,30)/t14-,15+/m1/s1. The number of fused-ring (bicyclic) bond motifs is 1. The van der Waals surface area contributed by atoms with Gasteiger partial charge in [-0.2, -0.15) is 0 Å². The molecule has 2 aromatic carbocycles. The molecule has 0 spiro atoms. The van der Waals surface area contributed by atoms with Crippen LogP contribution in [0.1, 0.15) is 6.42 Å². The highest BCUT2D eigenvalue weighted by Gasteiger charge is 2.36. The van der Waals surface area contributed by atoms with Crippen LogP contribution < -0.4 is 10.0 Å². The number of alkyl halides is 1. The molecule has 2 heterocycles. The summed E-state index contributed by atoms with van der Waals surface area (Å²) in [6.07, 6.45) is -1.44. The summed E-state index contributed by atoms with van der Waals surface area (Å²) < 4.78 is 55.7. The SMILES string of the molecule is O=C(Nc1cn(C(=O)O)c2ccccc12)N1C[C@H](F)C[C@H]1CNS(=O)(=O)c1cccc(F)c1. The van der Waals surface area contributed by atoms with E-state index >= 15 is 0 Å². The van der Waals surface area contributed by atoms with Gasteiger partial charge in [0.1, 0.15) is 12.0 Å². The number of nitrogens with zero attached hydrogens (tertiary/aromatic N) is 2. The number of halogens is 2. The minimum absolute atomic E-state index is 0.0873. The predicted molar refractivity (Wildman–Crippen MR) is 116 cm³/mol. The van der Waals surface area contributed by atoms with Crippen LogP contribution in [0.3, 0.4) is 0 Å². The van der Waals surface area contributed by atoms with Crippen LogP contribution in [-0.2, 0) is 10.0 Å². The molecule has 1 aromatic heterocycles. The number of nitrogens with one attached hydrogen (secondary N) is 2. The molecule has 0 unspecified atom stereocenters. The van der Waals surface area contributed by atoms with Crippen LogP contribution in [0.2, 0.25) is 0 Å². The molecule has 4 rings (SSSR count). The highest BCUT2D eigenvalue weighted by molar-refractivity contribution is 7.89. The minimum atomic E-state index is -4.07. The Hall–Kier alpha value is -3.51. The number of amides is 2. The quantitative estimate of drug-likeness (QED) is 0.520. The van der Waals surface area contributed by atoms with Gasteiger partial charge in [-0.05, 0) is 24.3 Å². The van der Waals surface area contributed by atoms with E-state index in [1.54, 1.807) is 24.3 Å². The number of carbonyl (C=O) groups excluding carboxylic acids is 1. The van der Waals surface area contributed by atoms with Crippen LogP contribution in [0.5, 0.6) is 0 Å². The van der Waals surface area contributed by atoms with Crippen molar-refractivity contribution in [2.45, 2.75) is 23.5 Å². The fourth-order valence-corrected chi connectivity index (χ4v) is 4.95. The van der Waals surface area contributed by atoms with Crippen molar-refractivity contribution < 1.29 is 31.9 Å². The molecule has 0 radical (unpaired) electrons. The van der Waals surface area contributed by atoms with Gasteiger partial charge in [0.15, 0.2) is 0 Å². The third kappa shape index (κ3) is 4.66. The van der Waals surface area contributed by atoms with Crippen LogP contribution in [0, 0.1) is 5.82 Å². The first-order chi connectivity index (χ1) is 15.7. The number of sulfonamides is 1. The largest absolute Gasteiger partial charge is 0.464 e. The van der Waals surface area contributed by atoms with Gasteiger partial charge in [0.05, 0.1) is 22.6 Å². The zero-order valence-electron chi connectivity index (χ0n) is 17.1. The first-order valence-corrected chi connectivity index (χ1v) is 11.4. The lowest BCUT2D eigenvalue weighted by Crippen LogP contribution is -2.45. The van der Waals surface area contributed by atoms with Crippen molar-refractivity contribution in [2.75, 3.05) is 18.4 Å². The lowest BCUT2D eigenvalue weighted by Gasteiger charge is -2.24. The van der Waals surface area contributed by atoms with Crippen molar-refractivity contribution in [2.24, 2.45) is 0 Å². The molecule has 0 aliphatic carbocycles. The highest BCUT2D eigenvalue weighted by Crippen LogP contribution is 2.28. The average molecular weight is 478 g/mol. The van der Waals surface area contributed by atoms with Crippen molar-refractivity contribution in [1.29, 1.82) is 0 Å². The van der Waals surface area contributed by atoms with E-state index in [1.165, 1.54) is 18.3 Å². The molecule has 174 valence electrons. The molecule has 3 aromatic rings. The van der Waals surface area contributed by atoms with Gasteiger partial charge in [-0.1, -0.05) is 24.3 Å². The van der Waals surface area contributed by atoms with Crippen molar-refractivity contribution in [3.05, 3.63) is 60.5 Å². The molecular weight excluding hydrogens is 458 g/mol. The van der Waals surface area contributed by atoms with Gasteiger partial charge < -0.3 is 15.3 Å². The normalized spacial score (nSPS) is 18.5.